The number of carbonyl (C=O) groups is 1. The van der Waals surface area contributed by atoms with Gasteiger partial charge in [-0.05, 0) is 51.3 Å². The lowest BCUT2D eigenvalue weighted by atomic mass is 9.90. The molecule has 1 aliphatic rings. The van der Waals surface area contributed by atoms with Gasteiger partial charge in [0.25, 0.3) is 0 Å². The molecule has 2 aromatic rings. The number of carbonyl (C=O) groups excluding carboxylic acids is 1. The summed E-state index contributed by atoms with van der Waals surface area (Å²) in [5.41, 5.74) is 2.87. The molecule has 1 aromatic heterocycles. The van der Waals surface area contributed by atoms with Gasteiger partial charge in [0.2, 0.25) is 5.91 Å². The van der Waals surface area contributed by atoms with Crippen LogP contribution in [0.2, 0.25) is 0 Å². The summed E-state index contributed by atoms with van der Waals surface area (Å²) in [6.45, 7) is 7.47. The molecule has 0 radical (unpaired) electrons. The summed E-state index contributed by atoms with van der Waals surface area (Å²) < 4.78 is 0. The Labute approximate surface area is 142 Å². The number of alkyl halides is 1. The van der Waals surface area contributed by atoms with Gasteiger partial charge in [0.15, 0.2) is 0 Å². The average Bonchev–Trinajstić information content (AvgIpc) is 2.97. The number of nitrogens with one attached hydrogen (secondary N) is 1. The smallest absolute Gasteiger partial charge is 0.229 e. The van der Waals surface area contributed by atoms with Crippen LogP contribution in [0.15, 0.2) is 18.2 Å². The van der Waals surface area contributed by atoms with E-state index >= 15 is 0 Å². The van der Waals surface area contributed by atoms with Gasteiger partial charge in [-0.25, -0.2) is 4.98 Å². The van der Waals surface area contributed by atoms with Crippen LogP contribution in [0.4, 0.5) is 0 Å². The van der Waals surface area contributed by atoms with Crippen LogP contribution in [0.1, 0.15) is 44.0 Å². The van der Waals surface area contributed by atoms with E-state index in [0.29, 0.717) is 11.8 Å². The molecule has 2 heterocycles. The predicted molar refractivity (Wildman–Crippen MR) is 93.9 cm³/mol. The predicted octanol–water partition coefficient (Wildman–Crippen LogP) is 3.84. The molecule has 1 N–H and O–H groups in total. The highest BCUT2D eigenvalue weighted by atomic mass is 35.5. The molecule has 4 nitrogen and oxygen atoms in total. The molecule has 0 saturated carbocycles. The molecular formula is C18H24ClN3O. The second-order valence-electron chi connectivity index (χ2n) is 7.23. The average molecular weight is 334 g/mol. The van der Waals surface area contributed by atoms with E-state index in [4.69, 9.17) is 16.6 Å². The summed E-state index contributed by atoms with van der Waals surface area (Å²) in [6.07, 6.45) is 1.89. The van der Waals surface area contributed by atoms with Gasteiger partial charge in [-0.1, -0.05) is 6.07 Å². The first-order chi connectivity index (χ1) is 10.9. The molecule has 1 fully saturated rings. The summed E-state index contributed by atoms with van der Waals surface area (Å²) in [5, 5.41) is 0. The number of hydrogen-bond donors (Lipinski definition) is 1. The molecule has 0 bridgehead atoms. The van der Waals surface area contributed by atoms with Crippen molar-refractivity contribution in [1.82, 2.24) is 14.9 Å². The van der Waals surface area contributed by atoms with Crippen molar-refractivity contribution in [3.63, 3.8) is 0 Å². The second kappa shape index (κ2) is 6.16. The van der Waals surface area contributed by atoms with Gasteiger partial charge < -0.3 is 9.88 Å². The van der Waals surface area contributed by atoms with Crippen molar-refractivity contribution < 1.29 is 4.79 Å². The van der Waals surface area contributed by atoms with Gasteiger partial charge in [0.05, 0.1) is 16.4 Å². The number of hydrogen-bond acceptors (Lipinski definition) is 2. The number of aromatic amines is 1. The summed E-state index contributed by atoms with van der Waals surface area (Å²) in [4.78, 5) is 22.6. The first kappa shape index (κ1) is 16.3. The maximum atomic E-state index is 12.5. The number of piperidine rings is 1. The molecular weight excluding hydrogens is 310 g/mol. The zero-order chi connectivity index (χ0) is 16.6. The zero-order valence-corrected chi connectivity index (χ0v) is 14.8. The number of likely N-dealkylation sites (tertiary alicyclic amines) is 1. The summed E-state index contributed by atoms with van der Waals surface area (Å²) in [7, 11) is 0. The Morgan fingerprint density at radius 1 is 1.39 bits per heavy atom. The lowest BCUT2D eigenvalue weighted by molar-refractivity contribution is -0.140. The van der Waals surface area contributed by atoms with Crippen molar-refractivity contribution in [3.05, 3.63) is 29.6 Å². The highest BCUT2D eigenvalue weighted by Gasteiger charge is 2.34. The normalized spacial score (nSPS) is 17.0. The molecule has 1 aliphatic heterocycles. The number of aromatic nitrogens is 2. The van der Waals surface area contributed by atoms with Crippen molar-refractivity contribution in [2.45, 2.75) is 39.5 Å². The van der Waals surface area contributed by atoms with Gasteiger partial charge in [-0.3, -0.25) is 4.79 Å². The van der Waals surface area contributed by atoms with E-state index in [0.717, 1.165) is 42.8 Å². The minimum absolute atomic E-state index is 0.159. The molecule has 0 aliphatic carbocycles. The topological polar surface area (TPSA) is 49.0 Å². The molecule has 1 aromatic carbocycles. The Hall–Kier alpha value is -1.55. The maximum absolute atomic E-state index is 12.5. The molecule has 1 amide bonds. The van der Waals surface area contributed by atoms with Crippen LogP contribution >= 0.6 is 11.6 Å². The molecule has 124 valence electrons. The number of amides is 1. The first-order valence-electron chi connectivity index (χ1n) is 8.22. The van der Waals surface area contributed by atoms with Crippen LogP contribution in [0.5, 0.6) is 0 Å². The van der Waals surface area contributed by atoms with Crippen LogP contribution in [-0.4, -0.2) is 39.7 Å². The summed E-state index contributed by atoms with van der Waals surface area (Å²) in [6, 6.07) is 6.28. The Balaban J connectivity index is 1.69. The molecule has 5 heteroatoms. The third-order valence-electron chi connectivity index (χ3n) is 4.74. The first-order valence-corrected chi connectivity index (χ1v) is 8.76. The second-order valence-corrected chi connectivity index (χ2v) is 7.49. The van der Waals surface area contributed by atoms with Crippen molar-refractivity contribution in [1.29, 1.82) is 0 Å². The third kappa shape index (κ3) is 3.23. The zero-order valence-electron chi connectivity index (χ0n) is 14.0. The fourth-order valence-corrected chi connectivity index (χ4v) is 3.29. The Kier molecular flexibility index (Phi) is 4.37. The SMILES string of the molecule is Cc1ccc2nc(C3CCN(C(=O)C(C)(C)CCl)CC3)[nH]c2c1. The van der Waals surface area contributed by atoms with E-state index in [1.807, 2.05) is 18.7 Å². The number of fused-ring (bicyclic) bond motifs is 1. The molecule has 0 atom stereocenters. The summed E-state index contributed by atoms with van der Waals surface area (Å²) in [5.74, 6) is 1.96. The fourth-order valence-electron chi connectivity index (χ4n) is 3.18. The maximum Gasteiger partial charge on any atom is 0.229 e. The molecule has 0 spiro atoms. The lowest BCUT2D eigenvalue weighted by Crippen LogP contribution is -2.45. The van der Waals surface area contributed by atoms with Crippen LogP contribution in [-0.2, 0) is 4.79 Å². The van der Waals surface area contributed by atoms with Gasteiger partial charge in [-0.15, -0.1) is 11.6 Å². The van der Waals surface area contributed by atoms with Gasteiger partial charge in [0.1, 0.15) is 5.82 Å². The van der Waals surface area contributed by atoms with E-state index < -0.39 is 5.41 Å². The van der Waals surface area contributed by atoms with Crippen LogP contribution < -0.4 is 0 Å². The fraction of sp³-hybridized carbons (Fsp3) is 0.556. The van der Waals surface area contributed by atoms with Crippen molar-refractivity contribution >= 4 is 28.5 Å². The van der Waals surface area contributed by atoms with Crippen molar-refractivity contribution in [2.24, 2.45) is 5.41 Å². The summed E-state index contributed by atoms with van der Waals surface area (Å²) >= 11 is 5.93. The monoisotopic (exact) mass is 333 g/mol. The van der Waals surface area contributed by atoms with Crippen molar-refractivity contribution in [3.8, 4) is 0 Å². The number of rotatable bonds is 3. The minimum atomic E-state index is -0.481. The number of nitrogens with zero attached hydrogens (tertiary/aromatic N) is 2. The van der Waals surface area contributed by atoms with E-state index in [1.165, 1.54) is 5.56 Å². The Morgan fingerprint density at radius 2 is 2.09 bits per heavy atom. The Bertz CT molecular complexity index is 714. The van der Waals surface area contributed by atoms with Crippen LogP contribution in [0.3, 0.4) is 0 Å². The lowest BCUT2D eigenvalue weighted by Gasteiger charge is -2.35. The van der Waals surface area contributed by atoms with Gasteiger partial charge in [0, 0.05) is 24.9 Å². The van der Waals surface area contributed by atoms with Crippen LogP contribution in [0, 0.1) is 12.3 Å². The van der Waals surface area contributed by atoms with Crippen molar-refractivity contribution in [2.75, 3.05) is 19.0 Å². The number of benzene rings is 1. The number of imidazole rings is 1. The highest BCUT2D eigenvalue weighted by Crippen LogP contribution is 2.30. The van der Waals surface area contributed by atoms with E-state index in [2.05, 4.69) is 30.1 Å². The molecule has 23 heavy (non-hydrogen) atoms. The van der Waals surface area contributed by atoms with Gasteiger partial charge >= 0.3 is 0 Å². The van der Waals surface area contributed by atoms with Gasteiger partial charge in [-0.2, -0.15) is 0 Å². The number of aryl methyl sites for hydroxylation is 1. The molecule has 3 rings (SSSR count). The highest BCUT2D eigenvalue weighted by molar-refractivity contribution is 6.19. The minimum Gasteiger partial charge on any atom is -0.342 e. The van der Waals surface area contributed by atoms with E-state index in [-0.39, 0.29) is 5.91 Å². The standard InChI is InChI=1S/C18H24ClN3O/c1-12-4-5-14-15(10-12)21-16(20-14)13-6-8-22(9-7-13)17(23)18(2,3)11-19/h4-5,10,13H,6-9,11H2,1-3H3,(H,20,21). The van der Waals surface area contributed by atoms with E-state index in [1.54, 1.807) is 0 Å². The molecule has 0 unspecified atom stereocenters. The largest absolute Gasteiger partial charge is 0.342 e. The quantitative estimate of drug-likeness (QED) is 0.867. The number of H-pyrrole nitrogens is 1. The van der Waals surface area contributed by atoms with E-state index in [9.17, 15) is 4.79 Å². The number of halogens is 1. The molecule has 1 saturated heterocycles. The third-order valence-corrected chi connectivity index (χ3v) is 5.41. The Morgan fingerprint density at radius 3 is 2.74 bits per heavy atom. The van der Waals surface area contributed by atoms with Crippen LogP contribution in [0.25, 0.3) is 11.0 Å².